The van der Waals surface area contributed by atoms with Crippen LogP contribution in [0.25, 0.3) is 6.08 Å². The summed E-state index contributed by atoms with van der Waals surface area (Å²) in [7, 11) is 0. The summed E-state index contributed by atoms with van der Waals surface area (Å²) in [5, 5.41) is 10.6. The molecule has 0 radical (unpaired) electrons. The Hall–Kier alpha value is -2.31. The van der Waals surface area contributed by atoms with Gasteiger partial charge in [0.25, 0.3) is 5.91 Å². The Morgan fingerprint density at radius 3 is 2.45 bits per heavy atom. The van der Waals surface area contributed by atoms with Gasteiger partial charge in [-0.1, -0.05) is 42.1 Å². The zero-order valence-corrected chi connectivity index (χ0v) is 13.0. The maximum Gasteiger partial charge on any atom is 0.285 e. The Labute approximate surface area is 137 Å². The molecule has 2 N–H and O–H groups in total. The number of benzene rings is 2. The number of carbonyl (C=O) groups is 1. The summed E-state index contributed by atoms with van der Waals surface area (Å²) in [6, 6.07) is 16.0. The maximum atomic E-state index is 12.4. The van der Waals surface area contributed by atoms with E-state index < -0.39 is 0 Å². The second-order valence-corrected chi connectivity index (χ2v) is 6.26. The van der Waals surface area contributed by atoms with Crippen molar-refractivity contribution in [2.75, 3.05) is 5.43 Å². The highest BCUT2D eigenvalue weighted by molar-refractivity contribution is 8.26. The Morgan fingerprint density at radius 1 is 1.09 bits per heavy atom. The normalized spacial score (nSPS) is 16.4. The van der Waals surface area contributed by atoms with E-state index in [4.69, 9.17) is 12.2 Å². The van der Waals surface area contributed by atoms with Crippen molar-refractivity contribution >= 4 is 46.0 Å². The van der Waals surface area contributed by atoms with Gasteiger partial charge in [0.05, 0.1) is 10.6 Å². The third-order valence-corrected chi connectivity index (χ3v) is 4.30. The van der Waals surface area contributed by atoms with E-state index in [0.717, 1.165) is 11.3 Å². The molecular formula is C16H12N2O2S2. The average molecular weight is 328 g/mol. The number of hydrogen-bond acceptors (Lipinski definition) is 5. The third-order valence-electron chi connectivity index (χ3n) is 3.00. The minimum atomic E-state index is -0.188. The molecule has 0 bridgehead atoms. The molecule has 1 aliphatic heterocycles. The van der Waals surface area contributed by atoms with Crippen LogP contribution in [0.5, 0.6) is 5.75 Å². The highest BCUT2D eigenvalue weighted by Crippen LogP contribution is 2.32. The van der Waals surface area contributed by atoms with Gasteiger partial charge in [-0.25, -0.2) is 5.01 Å². The van der Waals surface area contributed by atoms with Gasteiger partial charge in [-0.2, -0.15) is 0 Å². The van der Waals surface area contributed by atoms with E-state index in [9.17, 15) is 9.90 Å². The van der Waals surface area contributed by atoms with Gasteiger partial charge in [-0.3, -0.25) is 10.2 Å². The highest BCUT2D eigenvalue weighted by atomic mass is 32.2. The first kappa shape index (κ1) is 14.6. The Bertz CT molecular complexity index is 743. The fraction of sp³-hybridized carbons (Fsp3) is 0. The number of nitrogens with zero attached hydrogens (tertiary/aromatic N) is 1. The molecule has 1 saturated heterocycles. The van der Waals surface area contributed by atoms with Crippen LogP contribution in [-0.2, 0) is 4.79 Å². The van der Waals surface area contributed by atoms with Crippen LogP contribution >= 0.6 is 24.0 Å². The molecule has 4 nitrogen and oxygen atoms in total. The minimum absolute atomic E-state index is 0.188. The summed E-state index contributed by atoms with van der Waals surface area (Å²) >= 11 is 6.50. The summed E-state index contributed by atoms with van der Waals surface area (Å²) in [6.07, 6.45) is 1.76. The lowest BCUT2D eigenvalue weighted by atomic mass is 10.2. The molecule has 0 aromatic heterocycles. The molecule has 0 unspecified atom stereocenters. The predicted octanol–water partition coefficient (Wildman–Crippen LogP) is 3.62. The van der Waals surface area contributed by atoms with Crippen LogP contribution in [0.3, 0.4) is 0 Å². The van der Waals surface area contributed by atoms with E-state index in [2.05, 4.69) is 5.43 Å². The molecule has 3 rings (SSSR count). The molecular weight excluding hydrogens is 316 g/mol. The van der Waals surface area contributed by atoms with Crippen LogP contribution < -0.4 is 5.43 Å². The van der Waals surface area contributed by atoms with Crippen LogP contribution in [0, 0.1) is 0 Å². The van der Waals surface area contributed by atoms with Crippen LogP contribution in [0.1, 0.15) is 5.56 Å². The van der Waals surface area contributed by atoms with E-state index in [1.165, 1.54) is 16.8 Å². The number of thioether (sulfide) groups is 1. The van der Waals surface area contributed by atoms with Crippen molar-refractivity contribution in [2.45, 2.75) is 0 Å². The van der Waals surface area contributed by atoms with E-state index >= 15 is 0 Å². The van der Waals surface area contributed by atoms with E-state index in [1.807, 2.05) is 30.3 Å². The monoisotopic (exact) mass is 328 g/mol. The molecule has 0 aliphatic carbocycles. The SMILES string of the molecule is O=C1/C(=C/c2ccc(O)cc2)SC(=S)N1Nc1ccccc1. The van der Waals surface area contributed by atoms with Gasteiger partial charge < -0.3 is 5.11 Å². The Balaban J connectivity index is 1.80. The predicted molar refractivity (Wildman–Crippen MR) is 93.2 cm³/mol. The second kappa shape index (κ2) is 6.21. The molecule has 1 amide bonds. The van der Waals surface area contributed by atoms with E-state index in [-0.39, 0.29) is 11.7 Å². The zero-order valence-electron chi connectivity index (χ0n) is 11.4. The number of rotatable bonds is 3. The molecule has 0 saturated carbocycles. The van der Waals surface area contributed by atoms with Gasteiger partial charge in [-0.05, 0) is 48.1 Å². The number of carbonyl (C=O) groups excluding carboxylic acids is 1. The molecule has 1 aliphatic rings. The maximum absolute atomic E-state index is 12.4. The largest absolute Gasteiger partial charge is 0.508 e. The lowest BCUT2D eigenvalue weighted by Crippen LogP contribution is -2.33. The van der Waals surface area contributed by atoms with Crippen LogP contribution in [-0.4, -0.2) is 20.3 Å². The standard InChI is InChI=1S/C16H12N2O2S2/c19-13-8-6-11(7-9-13)10-14-15(20)18(16(21)22-14)17-12-4-2-1-3-5-12/h1-10,17,19H/b14-10-. The molecule has 22 heavy (non-hydrogen) atoms. The Kier molecular flexibility index (Phi) is 4.13. The van der Waals surface area contributed by atoms with Gasteiger partial charge in [-0.15, -0.1) is 0 Å². The summed E-state index contributed by atoms with van der Waals surface area (Å²) in [6.45, 7) is 0. The van der Waals surface area contributed by atoms with E-state index in [0.29, 0.717) is 9.23 Å². The first-order valence-electron chi connectivity index (χ1n) is 6.52. The fourth-order valence-electron chi connectivity index (χ4n) is 1.93. The number of thiocarbonyl (C=S) groups is 1. The molecule has 6 heteroatoms. The number of hydrazine groups is 1. The topological polar surface area (TPSA) is 52.6 Å². The number of nitrogens with one attached hydrogen (secondary N) is 1. The van der Waals surface area contributed by atoms with Crippen molar-refractivity contribution in [3.05, 3.63) is 65.1 Å². The summed E-state index contributed by atoms with van der Waals surface area (Å²) in [5.41, 5.74) is 4.63. The van der Waals surface area contributed by atoms with Gasteiger partial charge in [0.2, 0.25) is 0 Å². The van der Waals surface area contributed by atoms with Crippen LogP contribution in [0.4, 0.5) is 5.69 Å². The van der Waals surface area contributed by atoms with Crippen molar-refractivity contribution in [3.8, 4) is 5.75 Å². The number of phenolic OH excluding ortho intramolecular Hbond substituents is 1. The van der Waals surface area contributed by atoms with E-state index in [1.54, 1.807) is 30.3 Å². The number of anilines is 1. The number of amides is 1. The summed E-state index contributed by atoms with van der Waals surface area (Å²) in [4.78, 5) is 13.0. The molecule has 0 atom stereocenters. The highest BCUT2D eigenvalue weighted by Gasteiger charge is 2.32. The number of hydrogen-bond donors (Lipinski definition) is 2. The molecule has 1 fully saturated rings. The van der Waals surface area contributed by atoms with Gasteiger partial charge >= 0.3 is 0 Å². The van der Waals surface area contributed by atoms with Crippen molar-refractivity contribution in [2.24, 2.45) is 0 Å². The fourth-order valence-corrected chi connectivity index (χ4v) is 3.11. The molecule has 1 heterocycles. The smallest absolute Gasteiger partial charge is 0.285 e. The number of phenols is 1. The van der Waals surface area contributed by atoms with Crippen molar-refractivity contribution < 1.29 is 9.90 Å². The average Bonchev–Trinajstić information content (AvgIpc) is 2.78. The van der Waals surface area contributed by atoms with Crippen LogP contribution in [0.2, 0.25) is 0 Å². The van der Waals surface area contributed by atoms with Gasteiger partial charge in [0.1, 0.15) is 5.75 Å². The van der Waals surface area contributed by atoms with Crippen molar-refractivity contribution in [1.82, 2.24) is 5.01 Å². The second-order valence-electron chi connectivity index (χ2n) is 4.59. The number of aromatic hydroxyl groups is 1. The molecule has 2 aromatic carbocycles. The first-order chi connectivity index (χ1) is 10.6. The summed E-state index contributed by atoms with van der Waals surface area (Å²) in [5.74, 6) is 0.00220. The van der Waals surface area contributed by atoms with Crippen LogP contribution in [0.15, 0.2) is 59.5 Å². The molecule has 110 valence electrons. The number of para-hydroxylation sites is 1. The molecule has 0 spiro atoms. The first-order valence-corrected chi connectivity index (χ1v) is 7.75. The van der Waals surface area contributed by atoms with Crippen molar-refractivity contribution in [1.29, 1.82) is 0 Å². The quantitative estimate of drug-likeness (QED) is 0.666. The van der Waals surface area contributed by atoms with Gasteiger partial charge in [0, 0.05) is 0 Å². The lowest BCUT2D eigenvalue weighted by molar-refractivity contribution is -0.121. The van der Waals surface area contributed by atoms with Gasteiger partial charge in [0.15, 0.2) is 4.32 Å². The Morgan fingerprint density at radius 2 is 1.77 bits per heavy atom. The summed E-state index contributed by atoms with van der Waals surface area (Å²) < 4.78 is 0.457. The third kappa shape index (κ3) is 3.13. The molecule has 2 aromatic rings. The zero-order chi connectivity index (χ0) is 15.5. The lowest BCUT2D eigenvalue weighted by Gasteiger charge is -2.16. The minimum Gasteiger partial charge on any atom is -0.508 e. The van der Waals surface area contributed by atoms with Crippen molar-refractivity contribution in [3.63, 3.8) is 0 Å².